The quantitative estimate of drug-likeness (QED) is 0.527. The maximum absolute atomic E-state index is 12.3. The maximum Gasteiger partial charge on any atom is 0.271 e. The lowest BCUT2D eigenvalue weighted by Crippen LogP contribution is -2.29. The smallest absolute Gasteiger partial charge is 0.271 e. The number of nitrogens with one attached hydrogen (secondary N) is 2. The van der Waals surface area contributed by atoms with Crippen LogP contribution >= 0.6 is 0 Å². The van der Waals surface area contributed by atoms with Gasteiger partial charge in [0.05, 0.1) is 4.92 Å². The van der Waals surface area contributed by atoms with Crippen molar-refractivity contribution in [3.8, 4) is 0 Å². The Kier molecular flexibility index (Phi) is 6.32. The second-order valence-corrected chi connectivity index (χ2v) is 8.53. The number of nitro groups is 1. The third kappa shape index (κ3) is 5.92. The summed E-state index contributed by atoms with van der Waals surface area (Å²) in [6.07, 6.45) is 3.52. The summed E-state index contributed by atoms with van der Waals surface area (Å²) in [6, 6.07) is 12.3. The molecule has 1 aliphatic heterocycles. The zero-order valence-electron chi connectivity index (χ0n) is 15.7. The summed E-state index contributed by atoms with van der Waals surface area (Å²) in [7, 11) is -3.93. The van der Waals surface area contributed by atoms with Gasteiger partial charge in [0.2, 0.25) is 15.9 Å². The van der Waals surface area contributed by atoms with Crippen LogP contribution in [-0.4, -0.2) is 38.1 Å². The van der Waals surface area contributed by atoms with Crippen LogP contribution in [0, 0.1) is 10.1 Å². The number of carbonyl (C=O) groups is 1. The van der Waals surface area contributed by atoms with E-state index in [1.165, 1.54) is 24.6 Å². The van der Waals surface area contributed by atoms with E-state index < -0.39 is 26.6 Å². The number of non-ortho nitro benzene ring substituents is 1. The van der Waals surface area contributed by atoms with E-state index >= 15 is 0 Å². The van der Waals surface area contributed by atoms with E-state index in [4.69, 9.17) is 0 Å². The molecule has 2 aromatic carbocycles. The van der Waals surface area contributed by atoms with Gasteiger partial charge < -0.3 is 10.2 Å². The third-order valence-corrected chi connectivity index (χ3v) is 5.71. The van der Waals surface area contributed by atoms with E-state index in [9.17, 15) is 23.3 Å². The van der Waals surface area contributed by atoms with E-state index in [0.29, 0.717) is 5.69 Å². The molecule has 10 heteroatoms. The topological polar surface area (TPSA) is 122 Å². The van der Waals surface area contributed by atoms with E-state index in [2.05, 4.69) is 14.9 Å². The number of nitro benzene ring substituents is 1. The minimum atomic E-state index is -3.93. The zero-order valence-corrected chi connectivity index (χ0v) is 16.5. The Balaban J connectivity index is 1.58. The van der Waals surface area contributed by atoms with Gasteiger partial charge in [-0.05, 0) is 49.6 Å². The minimum Gasteiger partial charge on any atom is -0.372 e. The van der Waals surface area contributed by atoms with Crippen molar-refractivity contribution in [2.75, 3.05) is 33.8 Å². The molecule has 0 aliphatic carbocycles. The Labute approximate surface area is 168 Å². The first-order chi connectivity index (χ1) is 13.8. The fourth-order valence-electron chi connectivity index (χ4n) is 3.17. The summed E-state index contributed by atoms with van der Waals surface area (Å²) in [5.41, 5.74) is 1.37. The number of hydrogen-bond donors (Lipinski definition) is 2. The highest BCUT2D eigenvalue weighted by molar-refractivity contribution is 7.93. The van der Waals surface area contributed by atoms with Gasteiger partial charge in [0.15, 0.2) is 0 Å². The van der Waals surface area contributed by atoms with Crippen molar-refractivity contribution in [1.82, 2.24) is 0 Å². The lowest BCUT2D eigenvalue weighted by molar-refractivity contribution is -0.384. The predicted molar refractivity (Wildman–Crippen MR) is 112 cm³/mol. The van der Waals surface area contributed by atoms with Gasteiger partial charge >= 0.3 is 0 Å². The molecule has 2 N–H and O–H groups in total. The summed E-state index contributed by atoms with van der Waals surface area (Å²) in [5, 5.41) is 13.1. The van der Waals surface area contributed by atoms with Crippen molar-refractivity contribution in [2.24, 2.45) is 0 Å². The number of nitrogens with zero attached hydrogens (tertiary/aromatic N) is 2. The van der Waals surface area contributed by atoms with Crippen molar-refractivity contribution in [3.05, 3.63) is 58.6 Å². The summed E-state index contributed by atoms with van der Waals surface area (Å²) >= 11 is 0. The summed E-state index contributed by atoms with van der Waals surface area (Å²) < 4.78 is 26.9. The number of hydrogen-bond acceptors (Lipinski definition) is 6. The highest BCUT2D eigenvalue weighted by Crippen LogP contribution is 2.22. The second-order valence-electron chi connectivity index (χ2n) is 6.81. The van der Waals surface area contributed by atoms with Crippen LogP contribution in [-0.2, 0) is 14.8 Å². The van der Waals surface area contributed by atoms with Crippen LogP contribution in [0.15, 0.2) is 48.5 Å². The number of carbonyl (C=O) groups excluding carboxylic acids is 1. The number of sulfonamides is 1. The lowest BCUT2D eigenvalue weighted by atomic mass is 10.1. The largest absolute Gasteiger partial charge is 0.372 e. The van der Waals surface area contributed by atoms with Gasteiger partial charge in [-0.25, -0.2) is 8.42 Å². The molecule has 0 atom stereocenters. The number of benzene rings is 2. The molecule has 9 nitrogen and oxygen atoms in total. The SMILES string of the molecule is O=C(CS(=O)(=O)Nc1ccc(N2CCCCC2)cc1)Nc1cccc([N+](=O)[O-])c1. The number of anilines is 3. The first-order valence-corrected chi connectivity index (χ1v) is 10.9. The summed E-state index contributed by atoms with van der Waals surface area (Å²) in [5.74, 6) is -1.59. The molecule has 1 fully saturated rings. The summed E-state index contributed by atoms with van der Waals surface area (Å²) in [4.78, 5) is 24.5. The van der Waals surface area contributed by atoms with Gasteiger partial charge in [0, 0.05) is 42.3 Å². The molecule has 3 rings (SSSR count). The molecule has 154 valence electrons. The van der Waals surface area contributed by atoms with Crippen molar-refractivity contribution in [1.29, 1.82) is 0 Å². The van der Waals surface area contributed by atoms with Crippen molar-refractivity contribution >= 4 is 38.7 Å². The van der Waals surface area contributed by atoms with Crippen LogP contribution in [0.4, 0.5) is 22.7 Å². The molecular weight excluding hydrogens is 396 g/mol. The Bertz CT molecular complexity index is 986. The van der Waals surface area contributed by atoms with E-state index in [1.54, 1.807) is 12.1 Å². The van der Waals surface area contributed by atoms with E-state index in [0.717, 1.165) is 37.7 Å². The van der Waals surface area contributed by atoms with Gasteiger partial charge in [-0.2, -0.15) is 0 Å². The van der Waals surface area contributed by atoms with Gasteiger partial charge in [-0.1, -0.05) is 6.07 Å². The molecule has 1 aliphatic rings. The van der Waals surface area contributed by atoms with Gasteiger partial charge in [-0.15, -0.1) is 0 Å². The molecule has 0 spiro atoms. The van der Waals surface area contributed by atoms with Crippen LogP contribution in [0.2, 0.25) is 0 Å². The van der Waals surface area contributed by atoms with Crippen LogP contribution < -0.4 is 14.9 Å². The molecule has 0 bridgehead atoms. The van der Waals surface area contributed by atoms with Crippen molar-refractivity contribution < 1.29 is 18.1 Å². The van der Waals surface area contributed by atoms with Crippen molar-refractivity contribution in [2.45, 2.75) is 19.3 Å². The maximum atomic E-state index is 12.3. The van der Waals surface area contributed by atoms with Crippen LogP contribution in [0.3, 0.4) is 0 Å². The van der Waals surface area contributed by atoms with Crippen LogP contribution in [0.1, 0.15) is 19.3 Å². The van der Waals surface area contributed by atoms with E-state index in [-0.39, 0.29) is 11.4 Å². The standard InChI is InChI=1S/C19H22N4O5S/c24-19(20-16-5-4-6-18(13-16)23(25)26)14-29(27,28)21-15-7-9-17(10-8-15)22-11-2-1-3-12-22/h4-10,13,21H,1-3,11-12,14H2,(H,20,24). The lowest BCUT2D eigenvalue weighted by Gasteiger charge is -2.28. The Hall–Kier alpha value is -3.14. The van der Waals surface area contributed by atoms with Gasteiger partial charge in [0.25, 0.3) is 5.69 Å². The van der Waals surface area contributed by atoms with E-state index in [1.807, 2.05) is 12.1 Å². The van der Waals surface area contributed by atoms with Crippen LogP contribution in [0.5, 0.6) is 0 Å². The molecule has 0 unspecified atom stereocenters. The Morgan fingerprint density at radius 2 is 1.72 bits per heavy atom. The highest BCUT2D eigenvalue weighted by Gasteiger charge is 2.18. The highest BCUT2D eigenvalue weighted by atomic mass is 32.2. The fraction of sp³-hybridized carbons (Fsp3) is 0.316. The first-order valence-electron chi connectivity index (χ1n) is 9.22. The van der Waals surface area contributed by atoms with Gasteiger partial charge in [-0.3, -0.25) is 19.6 Å². The molecular formula is C19H22N4O5S. The molecule has 29 heavy (non-hydrogen) atoms. The summed E-state index contributed by atoms with van der Waals surface area (Å²) in [6.45, 7) is 1.98. The molecule has 2 aromatic rings. The third-order valence-electron chi connectivity index (χ3n) is 4.52. The van der Waals surface area contributed by atoms with Crippen molar-refractivity contribution in [3.63, 3.8) is 0 Å². The van der Waals surface area contributed by atoms with Crippen LogP contribution in [0.25, 0.3) is 0 Å². The molecule has 1 heterocycles. The Morgan fingerprint density at radius 1 is 1.03 bits per heavy atom. The average molecular weight is 418 g/mol. The average Bonchev–Trinajstić information content (AvgIpc) is 2.68. The minimum absolute atomic E-state index is 0.158. The number of rotatable bonds is 7. The normalized spacial score (nSPS) is 14.3. The monoisotopic (exact) mass is 418 g/mol. The fourth-order valence-corrected chi connectivity index (χ4v) is 4.16. The molecule has 0 saturated carbocycles. The Morgan fingerprint density at radius 3 is 2.38 bits per heavy atom. The molecule has 0 aromatic heterocycles. The van der Waals surface area contributed by atoms with Gasteiger partial charge in [0.1, 0.15) is 5.75 Å². The zero-order chi connectivity index (χ0) is 20.9. The first kappa shape index (κ1) is 20.6. The second kappa shape index (κ2) is 8.91. The number of piperidine rings is 1. The molecule has 1 saturated heterocycles. The molecule has 0 radical (unpaired) electrons. The molecule has 1 amide bonds. The predicted octanol–water partition coefficient (Wildman–Crippen LogP) is 2.97. The number of amides is 1.